The van der Waals surface area contributed by atoms with Crippen LogP contribution in [0.1, 0.15) is 5.56 Å². The third kappa shape index (κ3) is 4.88. The van der Waals surface area contributed by atoms with Crippen LogP contribution >= 0.6 is 0 Å². The Kier molecular flexibility index (Phi) is 6.41. The number of hydrogen-bond donors (Lipinski definition) is 3. The van der Waals surface area contributed by atoms with E-state index in [0.717, 1.165) is 5.56 Å². The highest BCUT2D eigenvalue weighted by atomic mass is 32.2. The maximum absolute atomic E-state index is 13.4. The monoisotopic (exact) mass is 462 g/mol. The summed E-state index contributed by atoms with van der Waals surface area (Å²) in [6.07, 6.45) is 3.30. The quantitative estimate of drug-likeness (QED) is 0.380. The summed E-state index contributed by atoms with van der Waals surface area (Å²) < 4.78 is 32.3. The molecule has 8 nitrogen and oxygen atoms in total. The van der Waals surface area contributed by atoms with Crippen molar-refractivity contribution in [3.05, 3.63) is 90.8 Å². The number of aromatic nitrogens is 2. The van der Waals surface area contributed by atoms with E-state index in [2.05, 4.69) is 20.8 Å². The van der Waals surface area contributed by atoms with Crippen LogP contribution in [0.15, 0.2) is 95.0 Å². The molecule has 0 radical (unpaired) electrons. The number of anilines is 1. The molecule has 4 aromatic rings. The minimum absolute atomic E-state index is 0.120. The molecule has 1 aromatic heterocycles. The van der Waals surface area contributed by atoms with Gasteiger partial charge in [-0.25, -0.2) is 13.2 Å². The fourth-order valence-corrected chi connectivity index (χ4v) is 4.84. The van der Waals surface area contributed by atoms with Gasteiger partial charge in [0.1, 0.15) is 5.75 Å². The largest absolute Gasteiger partial charge is 0.496 e. The molecule has 0 aliphatic heterocycles. The summed E-state index contributed by atoms with van der Waals surface area (Å²) in [7, 11) is -2.27. The van der Waals surface area contributed by atoms with Crippen molar-refractivity contribution in [2.24, 2.45) is 0 Å². The number of sulfone groups is 1. The number of urea groups is 1. The van der Waals surface area contributed by atoms with E-state index in [1.165, 1.54) is 12.1 Å². The van der Waals surface area contributed by atoms with Crippen LogP contribution in [-0.4, -0.2) is 31.8 Å². The predicted molar refractivity (Wildman–Crippen MR) is 125 cm³/mol. The number of nitrogens with one attached hydrogen (secondary N) is 3. The lowest BCUT2D eigenvalue weighted by Gasteiger charge is -2.14. The normalized spacial score (nSPS) is 11.1. The Morgan fingerprint density at radius 3 is 2.36 bits per heavy atom. The smallest absolute Gasteiger partial charge is 0.319 e. The zero-order chi connectivity index (χ0) is 23.3. The molecular formula is C24H22N4O4S. The molecule has 0 atom stereocenters. The number of carbonyl (C=O) groups is 1. The number of H-pyrrole nitrogens is 1. The minimum Gasteiger partial charge on any atom is -0.496 e. The average molecular weight is 463 g/mol. The van der Waals surface area contributed by atoms with Gasteiger partial charge in [0, 0.05) is 35.1 Å². The fraction of sp³-hybridized carbons (Fsp3) is 0.0833. The Bertz CT molecular complexity index is 1350. The molecule has 0 saturated heterocycles. The highest BCUT2D eigenvalue weighted by Crippen LogP contribution is 2.36. The summed E-state index contributed by atoms with van der Waals surface area (Å²) in [5.74, 6) is 0.584. The van der Waals surface area contributed by atoms with Crippen LogP contribution in [-0.2, 0) is 16.4 Å². The Morgan fingerprint density at radius 2 is 1.67 bits per heavy atom. The standard InChI is InChI=1S/C24H22N4O4S/c1-32-22-8-4-2-6-20(22)21-7-3-5-9-23(21)33(30,31)19-12-10-18(11-13-19)28-24(29)25-14-17-15-26-27-16-17/h2-13,15-16H,14H2,1H3,(H,26,27)(H2,25,28,29). The van der Waals surface area contributed by atoms with E-state index >= 15 is 0 Å². The van der Waals surface area contributed by atoms with E-state index in [0.29, 0.717) is 29.1 Å². The summed E-state index contributed by atoms with van der Waals surface area (Å²) in [5, 5.41) is 11.9. The van der Waals surface area contributed by atoms with Gasteiger partial charge in [-0.15, -0.1) is 0 Å². The van der Waals surface area contributed by atoms with Crippen LogP contribution in [0, 0.1) is 0 Å². The van der Waals surface area contributed by atoms with Gasteiger partial charge in [-0.1, -0.05) is 36.4 Å². The molecule has 0 saturated carbocycles. The van der Waals surface area contributed by atoms with Crippen molar-refractivity contribution < 1.29 is 17.9 Å². The first-order valence-electron chi connectivity index (χ1n) is 10.1. The molecule has 4 rings (SSSR count). The van der Waals surface area contributed by atoms with E-state index in [-0.39, 0.29) is 9.79 Å². The molecule has 0 aliphatic carbocycles. The van der Waals surface area contributed by atoms with Crippen molar-refractivity contribution in [3.8, 4) is 16.9 Å². The maximum atomic E-state index is 13.4. The number of ether oxygens (including phenoxy) is 1. The lowest BCUT2D eigenvalue weighted by molar-refractivity contribution is 0.251. The Morgan fingerprint density at radius 1 is 0.970 bits per heavy atom. The first-order chi connectivity index (χ1) is 16.0. The molecule has 0 spiro atoms. The third-order valence-corrected chi connectivity index (χ3v) is 6.83. The second kappa shape index (κ2) is 9.58. The van der Waals surface area contributed by atoms with Gasteiger partial charge in [0.25, 0.3) is 0 Å². The number of para-hydroxylation sites is 1. The second-order valence-electron chi connectivity index (χ2n) is 7.14. The van der Waals surface area contributed by atoms with E-state index in [1.54, 1.807) is 62.0 Å². The summed E-state index contributed by atoms with van der Waals surface area (Å²) in [6.45, 7) is 0.314. The molecule has 0 unspecified atom stereocenters. The molecule has 33 heavy (non-hydrogen) atoms. The molecule has 0 fully saturated rings. The van der Waals surface area contributed by atoms with Gasteiger partial charge in [-0.3, -0.25) is 5.10 Å². The zero-order valence-corrected chi connectivity index (χ0v) is 18.6. The van der Waals surface area contributed by atoms with E-state index in [4.69, 9.17) is 4.74 Å². The Hall–Kier alpha value is -4.11. The fourth-order valence-electron chi connectivity index (χ4n) is 3.37. The first-order valence-corrected chi connectivity index (χ1v) is 11.6. The van der Waals surface area contributed by atoms with E-state index in [9.17, 15) is 13.2 Å². The SMILES string of the molecule is COc1ccccc1-c1ccccc1S(=O)(=O)c1ccc(NC(=O)NCc2cn[nH]c2)cc1. The third-order valence-electron chi connectivity index (χ3n) is 5.00. The molecule has 9 heteroatoms. The summed E-state index contributed by atoms with van der Waals surface area (Å²) in [6, 6.07) is 19.7. The zero-order valence-electron chi connectivity index (χ0n) is 17.8. The molecule has 0 aliphatic rings. The average Bonchev–Trinajstić information content (AvgIpc) is 3.37. The number of carbonyl (C=O) groups excluding carboxylic acids is 1. The lowest BCUT2D eigenvalue weighted by atomic mass is 10.0. The number of rotatable bonds is 7. The molecule has 3 aromatic carbocycles. The number of benzene rings is 3. The van der Waals surface area contributed by atoms with E-state index in [1.807, 2.05) is 18.2 Å². The molecule has 168 valence electrons. The highest BCUT2D eigenvalue weighted by Gasteiger charge is 2.23. The minimum atomic E-state index is -3.82. The number of methoxy groups -OCH3 is 1. The van der Waals surface area contributed by atoms with Crippen molar-refractivity contribution >= 4 is 21.6 Å². The highest BCUT2D eigenvalue weighted by molar-refractivity contribution is 7.91. The topological polar surface area (TPSA) is 113 Å². The molecule has 2 amide bonds. The maximum Gasteiger partial charge on any atom is 0.319 e. The number of aromatic amines is 1. The molecule has 1 heterocycles. The van der Waals surface area contributed by atoms with Crippen LogP contribution in [0.25, 0.3) is 11.1 Å². The molecule has 3 N–H and O–H groups in total. The van der Waals surface area contributed by atoms with Gasteiger partial charge in [-0.05, 0) is 36.4 Å². The Balaban J connectivity index is 1.56. The van der Waals surface area contributed by atoms with Crippen molar-refractivity contribution in [3.63, 3.8) is 0 Å². The first kappa shape index (κ1) is 22.1. The predicted octanol–water partition coefficient (Wildman–Crippen LogP) is 4.24. The van der Waals surface area contributed by atoms with E-state index < -0.39 is 15.9 Å². The van der Waals surface area contributed by atoms with Crippen LogP contribution < -0.4 is 15.4 Å². The lowest BCUT2D eigenvalue weighted by Crippen LogP contribution is -2.28. The van der Waals surface area contributed by atoms with Crippen LogP contribution in [0.5, 0.6) is 5.75 Å². The number of hydrogen-bond acceptors (Lipinski definition) is 5. The van der Waals surface area contributed by atoms with Crippen molar-refractivity contribution in [2.75, 3.05) is 12.4 Å². The summed E-state index contributed by atoms with van der Waals surface area (Å²) >= 11 is 0. The van der Waals surface area contributed by atoms with Gasteiger partial charge in [-0.2, -0.15) is 5.10 Å². The number of nitrogens with zero attached hydrogens (tertiary/aromatic N) is 1. The number of amides is 2. The van der Waals surface area contributed by atoms with Gasteiger partial charge < -0.3 is 15.4 Å². The van der Waals surface area contributed by atoms with Gasteiger partial charge in [0.15, 0.2) is 0 Å². The molecular weight excluding hydrogens is 440 g/mol. The van der Waals surface area contributed by atoms with Crippen LogP contribution in [0.2, 0.25) is 0 Å². The van der Waals surface area contributed by atoms with Crippen LogP contribution in [0.3, 0.4) is 0 Å². The molecule has 0 bridgehead atoms. The van der Waals surface area contributed by atoms with Crippen molar-refractivity contribution in [1.82, 2.24) is 15.5 Å². The van der Waals surface area contributed by atoms with Gasteiger partial charge >= 0.3 is 6.03 Å². The summed E-state index contributed by atoms with van der Waals surface area (Å²) in [4.78, 5) is 12.4. The summed E-state index contributed by atoms with van der Waals surface area (Å²) in [5.41, 5.74) is 2.54. The Labute approximate surface area is 191 Å². The van der Waals surface area contributed by atoms with Gasteiger partial charge in [0.2, 0.25) is 9.84 Å². The van der Waals surface area contributed by atoms with Gasteiger partial charge in [0.05, 0.1) is 23.1 Å². The van der Waals surface area contributed by atoms with Crippen molar-refractivity contribution in [1.29, 1.82) is 0 Å². The second-order valence-corrected chi connectivity index (χ2v) is 9.06. The van der Waals surface area contributed by atoms with Crippen molar-refractivity contribution in [2.45, 2.75) is 16.3 Å². The van der Waals surface area contributed by atoms with Crippen LogP contribution in [0.4, 0.5) is 10.5 Å².